The van der Waals surface area contributed by atoms with Crippen molar-refractivity contribution in [1.29, 1.82) is 0 Å². The van der Waals surface area contributed by atoms with E-state index in [0.29, 0.717) is 11.3 Å². The summed E-state index contributed by atoms with van der Waals surface area (Å²) in [7, 11) is 0. The molecule has 0 saturated heterocycles. The molecule has 1 N–H and O–H groups in total. The van der Waals surface area contributed by atoms with Crippen LogP contribution in [0, 0.1) is 13.8 Å². The quantitative estimate of drug-likeness (QED) is 0.681. The van der Waals surface area contributed by atoms with Crippen LogP contribution in [0.1, 0.15) is 33.7 Å². The van der Waals surface area contributed by atoms with Gasteiger partial charge in [0.2, 0.25) is 0 Å². The summed E-state index contributed by atoms with van der Waals surface area (Å²) in [4.78, 5) is 33.0. The van der Waals surface area contributed by atoms with Crippen LogP contribution in [0.5, 0.6) is 0 Å². The Bertz CT molecular complexity index is 985. The summed E-state index contributed by atoms with van der Waals surface area (Å²) in [6.45, 7) is 3.99. The maximum atomic E-state index is 12.1. The highest BCUT2D eigenvalue weighted by atomic mass is 16.5. The van der Waals surface area contributed by atoms with Crippen molar-refractivity contribution >= 4 is 22.9 Å². The second kappa shape index (κ2) is 8.40. The Hall–Kier alpha value is -3.28. The second-order valence-corrected chi connectivity index (χ2v) is 6.23. The minimum Gasteiger partial charge on any atom is -0.459 e. The fourth-order valence-electron chi connectivity index (χ4n) is 2.68. The summed E-state index contributed by atoms with van der Waals surface area (Å²) in [5, 5.41) is 2.74. The monoisotopic (exact) mass is 363 g/mol. The summed E-state index contributed by atoms with van der Waals surface area (Å²) < 4.78 is 5.28. The lowest BCUT2D eigenvalue weighted by Gasteiger charge is -2.09. The third-order valence-electron chi connectivity index (χ3n) is 4.22. The minimum atomic E-state index is -0.394. The SMILES string of the molecule is Cc1ccccc1C(=O)NCCC(=O)OCc1nc2ccccc2nc1C. The smallest absolute Gasteiger partial charge is 0.307 e. The molecule has 3 rings (SSSR count). The van der Waals surface area contributed by atoms with E-state index in [4.69, 9.17) is 4.74 Å². The summed E-state index contributed by atoms with van der Waals surface area (Å²) in [6, 6.07) is 14.9. The summed E-state index contributed by atoms with van der Waals surface area (Å²) in [6.07, 6.45) is 0.0949. The molecule has 0 unspecified atom stereocenters. The molecule has 1 amide bonds. The summed E-state index contributed by atoms with van der Waals surface area (Å²) >= 11 is 0. The highest BCUT2D eigenvalue weighted by Crippen LogP contribution is 2.13. The molecule has 1 heterocycles. The average Bonchev–Trinajstić information content (AvgIpc) is 2.66. The number of fused-ring (bicyclic) bond motifs is 1. The predicted octanol–water partition coefficient (Wildman–Crippen LogP) is 3.11. The lowest BCUT2D eigenvalue weighted by Crippen LogP contribution is -2.27. The van der Waals surface area contributed by atoms with Gasteiger partial charge in [-0.3, -0.25) is 9.59 Å². The van der Waals surface area contributed by atoms with E-state index in [0.717, 1.165) is 22.3 Å². The highest BCUT2D eigenvalue weighted by Gasteiger charge is 2.11. The van der Waals surface area contributed by atoms with Crippen LogP contribution in [0.25, 0.3) is 11.0 Å². The number of esters is 1. The van der Waals surface area contributed by atoms with Gasteiger partial charge in [0.1, 0.15) is 6.61 Å². The molecule has 2 aromatic carbocycles. The van der Waals surface area contributed by atoms with Crippen LogP contribution >= 0.6 is 0 Å². The van der Waals surface area contributed by atoms with Gasteiger partial charge in [-0.15, -0.1) is 0 Å². The van der Waals surface area contributed by atoms with Gasteiger partial charge in [0.05, 0.1) is 28.8 Å². The topological polar surface area (TPSA) is 81.2 Å². The van der Waals surface area contributed by atoms with Crippen LogP contribution in [-0.2, 0) is 16.1 Å². The highest BCUT2D eigenvalue weighted by molar-refractivity contribution is 5.95. The van der Waals surface area contributed by atoms with E-state index in [-0.39, 0.29) is 25.5 Å². The number of aromatic nitrogens is 2. The lowest BCUT2D eigenvalue weighted by atomic mass is 10.1. The molecule has 0 aliphatic heterocycles. The van der Waals surface area contributed by atoms with Gasteiger partial charge in [-0.05, 0) is 37.6 Å². The Morgan fingerprint density at radius 1 is 0.963 bits per heavy atom. The van der Waals surface area contributed by atoms with Gasteiger partial charge in [-0.25, -0.2) is 9.97 Å². The van der Waals surface area contributed by atoms with Crippen molar-refractivity contribution in [2.45, 2.75) is 26.9 Å². The van der Waals surface area contributed by atoms with Crippen LogP contribution in [0.15, 0.2) is 48.5 Å². The molecule has 0 radical (unpaired) electrons. The van der Waals surface area contributed by atoms with E-state index in [2.05, 4.69) is 15.3 Å². The molecule has 0 fully saturated rings. The fraction of sp³-hybridized carbons (Fsp3) is 0.238. The van der Waals surface area contributed by atoms with E-state index in [1.165, 1.54) is 0 Å². The number of carbonyl (C=O) groups is 2. The van der Waals surface area contributed by atoms with Gasteiger partial charge in [-0.1, -0.05) is 30.3 Å². The Balaban J connectivity index is 1.49. The number of hydrogen-bond donors (Lipinski definition) is 1. The summed E-state index contributed by atoms with van der Waals surface area (Å²) in [5.74, 6) is -0.591. The third kappa shape index (κ3) is 4.67. The van der Waals surface area contributed by atoms with Crippen LogP contribution in [0.2, 0.25) is 0 Å². The Morgan fingerprint density at radius 3 is 2.37 bits per heavy atom. The van der Waals surface area contributed by atoms with Crippen LogP contribution in [0.3, 0.4) is 0 Å². The van der Waals surface area contributed by atoms with Crippen molar-refractivity contribution in [1.82, 2.24) is 15.3 Å². The maximum absolute atomic E-state index is 12.1. The number of aryl methyl sites for hydroxylation is 2. The second-order valence-electron chi connectivity index (χ2n) is 6.23. The Morgan fingerprint density at radius 2 is 1.63 bits per heavy atom. The third-order valence-corrected chi connectivity index (χ3v) is 4.22. The molecule has 0 atom stereocenters. The maximum Gasteiger partial charge on any atom is 0.307 e. The van der Waals surface area contributed by atoms with Gasteiger partial charge in [0, 0.05) is 12.1 Å². The van der Waals surface area contributed by atoms with Gasteiger partial charge < -0.3 is 10.1 Å². The number of nitrogens with zero attached hydrogens (tertiary/aromatic N) is 2. The van der Waals surface area contributed by atoms with Crippen LogP contribution < -0.4 is 5.32 Å². The first-order chi connectivity index (χ1) is 13.0. The zero-order valence-electron chi connectivity index (χ0n) is 15.4. The zero-order chi connectivity index (χ0) is 19.2. The van der Waals surface area contributed by atoms with Crippen molar-refractivity contribution in [3.8, 4) is 0 Å². The van der Waals surface area contributed by atoms with E-state index in [9.17, 15) is 9.59 Å². The van der Waals surface area contributed by atoms with Crippen molar-refractivity contribution < 1.29 is 14.3 Å². The van der Waals surface area contributed by atoms with Gasteiger partial charge in [-0.2, -0.15) is 0 Å². The number of carbonyl (C=O) groups excluding carboxylic acids is 2. The molecule has 0 aliphatic carbocycles. The normalized spacial score (nSPS) is 10.6. The predicted molar refractivity (Wildman–Crippen MR) is 102 cm³/mol. The standard InChI is InChI=1S/C21H21N3O3/c1-14-7-3-4-8-16(14)21(26)22-12-11-20(25)27-13-19-15(2)23-17-9-5-6-10-18(17)24-19/h3-10H,11-13H2,1-2H3,(H,22,26). The molecule has 1 aromatic heterocycles. The molecule has 3 aromatic rings. The lowest BCUT2D eigenvalue weighted by molar-refractivity contribution is -0.144. The fourth-order valence-corrected chi connectivity index (χ4v) is 2.68. The Labute approximate surface area is 157 Å². The first-order valence-electron chi connectivity index (χ1n) is 8.76. The average molecular weight is 363 g/mol. The zero-order valence-corrected chi connectivity index (χ0v) is 15.4. The van der Waals surface area contributed by atoms with Crippen molar-refractivity contribution in [2.75, 3.05) is 6.54 Å². The van der Waals surface area contributed by atoms with Crippen LogP contribution in [-0.4, -0.2) is 28.4 Å². The molecule has 6 heteroatoms. The van der Waals surface area contributed by atoms with Gasteiger partial charge in [0.15, 0.2) is 0 Å². The molecule has 0 bridgehead atoms. The number of amides is 1. The van der Waals surface area contributed by atoms with Gasteiger partial charge in [0.25, 0.3) is 5.91 Å². The number of nitrogens with one attached hydrogen (secondary N) is 1. The van der Waals surface area contributed by atoms with E-state index in [1.54, 1.807) is 6.07 Å². The number of para-hydroxylation sites is 2. The van der Waals surface area contributed by atoms with E-state index < -0.39 is 5.97 Å². The molecule has 0 spiro atoms. The van der Waals surface area contributed by atoms with Crippen molar-refractivity contribution in [2.24, 2.45) is 0 Å². The molecule has 0 saturated carbocycles. The van der Waals surface area contributed by atoms with Gasteiger partial charge >= 0.3 is 5.97 Å². The first-order valence-corrected chi connectivity index (χ1v) is 8.76. The minimum absolute atomic E-state index is 0.0637. The van der Waals surface area contributed by atoms with Crippen molar-refractivity contribution in [3.63, 3.8) is 0 Å². The van der Waals surface area contributed by atoms with Crippen molar-refractivity contribution in [3.05, 3.63) is 71.0 Å². The largest absolute Gasteiger partial charge is 0.459 e. The van der Waals surface area contributed by atoms with Crippen LogP contribution in [0.4, 0.5) is 0 Å². The molecular formula is C21H21N3O3. The Kier molecular flexibility index (Phi) is 5.76. The molecule has 27 heavy (non-hydrogen) atoms. The number of rotatable bonds is 6. The molecular weight excluding hydrogens is 342 g/mol. The first kappa shape index (κ1) is 18.5. The number of hydrogen-bond acceptors (Lipinski definition) is 5. The molecule has 6 nitrogen and oxygen atoms in total. The number of benzene rings is 2. The van der Waals surface area contributed by atoms with E-state index >= 15 is 0 Å². The number of ether oxygens (including phenoxy) is 1. The molecule has 138 valence electrons. The van der Waals surface area contributed by atoms with E-state index in [1.807, 2.05) is 56.3 Å². The molecule has 0 aliphatic rings. The summed E-state index contributed by atoms with van der Waals surface area (Å²) in [5.41, 5.74) is 4.43.